The average molecular weight is 502 g/mol. The van der Waals surface area contributed by atoms with Crippen LogP contribution in [0.4, 0.5) is 14.5 Å². The third-order valence-corrected chi connectivity index (χ3v) is 7.24. The Morgan fingerprint density at radius 2 is 1.86 bits per heavy atom. The number of nitrogens with two attached hydrogens (primary N) is 1. The Morgan fingerprint density at radius 1 is 1.11 bits per heavy atom. The molecule has 1 aliphatic rings. The molecule has 1 heterocycles. The van der Waals surface area contributed by atoms with Gasteiger partial charge in [0.1, 0.15) is 0 Å². The van der Waals surface area contributed by atoms with Gasteiger partial charge in [-0.25, -0.2) is 22.9 Å². The summed E-state index contributed by atoms with van der Waals surface area (Å²) in [6.45, 7) is 0. The van der Waals surface area contributed by atoms with Crippen LogP contribution in [0.3, 0.4) is 0 Å². The van der Waals surface area contributed by atoms with Crippen LogP contribution in [0.15, 0.2) is 65.8 Å². The Kier molecular flexibility index (Phi) is 7.13. The van der Waals surface area contributed by atoms with E-state index in [0.717, 1.165) is 18.1 Å². The van der Waals surface area contributed by atoms with Crippen LogP contribution < -0.4 is 15.2 Å². The number of rotatable bonds is 6. The highest BCUT2D eigenvalue weighted by molar-refractivity contribution is 7.89. The molecule has 0 spiro atoms. The van der Waals surface area contributed by atoms with Crippen molar-refractivity contribution >= 4 is 21.6 Å². The summed E-state index contributed by atoms with van der Waals surface area (Å²) in [6.07, 6.45) is 2.97. The number of benzene rings is 2. The van der Waals surface area contributed by atoms with Crippen molar-refractivity contribution in [2.45, 2.75) is 36.1 Å². The van der Waals surface area contributed by atoms with Crippen LogP contribution in [0.5, 0.6) is 5.75 Å². The van der Waals surface area contributed by atoms with Crippen molar-refractivity contribution in [3.63, 3.8) is 0 Å². The van der Waals surface area contributed by atoms with E-state index in [-0.39, 0.29) is 28.3 Å². The molecule has 3 aromatic rings. The largest absolute Gasteiger partial charge is 0.493 e. The zero-order chi connectivity index (χ0) is 25.2. The summed E-state index contributed by atoms with van der Waals surface area (Å²) in [6, 6.07) is 14.9. The number of carbonyl (C=O) groups excluding carboxylic acids is 1. The number of nitrogens with zero attached hydrogens (tertiary/aromatic N) is 1. The van der Waals surface area contributed by atoms with Gasteiger partial charge in [-0.2, -0.15) is 4.39 Å². The summed E-state index contributed by atoms with van der Waals surface area (Å²) in [4.78, 5) is 17.2. The molecule has 1 aromatic heterocycles. The van der Waals surface area contributed by atoms with Gasteiger partial charge in [0.25, 0.3) is 10.0 Å². The first kappa shape index (κ1) is 24.7. The Bertz CT molecular complexity index is 1340. The van der Waals surface area contributed by atoms with Crippen LogP contribution >= 0.6 is 0 Å². The van der Waals surface area contributed by atoms with Crippen LogP contribution in [0.25, 0.3) is 0 Å². The van der Waals surface area contributed by atoms with Gasteiger partial charge in [0.2, 0.25) is 11.7 Å². The van der Waals surface area contributed by atoms with E-state index in [0.29, 0.717) is 18.4 Å². The second-order valence-corrected chi connectivity index (χ2v) is 10.0. The fourth-order valence-electron chi connectivity index (χ4n) is 4.78. The van der Waals surface area contributed by atoms with E-state index in [1.807, 2.05) is 30.3 Å². The number of carbonyl (C=O) groups is 1. The summed E-state index contributed by atoms with van der Waals surface area (Å²) >= 11 is 0. The van der Waals surface area contributed by atoms with Gasteiger partial charge in [-0.1, -0.05) is 36.4 Å². The van der Waals surface area contributed by atoms with Gasteiger partial charge in [-0.3, -0.25) is 4.79 Å². The number of pyridine rings is 1. The molecule has 1 amide bonds. The van der Waals surface area contributed by atoms with Gasteiger partial charge in [0.15, 0.2) is 16.6 Å². The first-order chi connectivity index (χ1) is 16.7. The Labute approximate surface area is 202 Å². The average Bonchev–Trinajstić information content (AvgIpc) is 2.85. The standard InChI is InChI=1S/C25H25F2N3O4S/c1-34-24-19(9-10-21(26)23(24)27)18-8-7-16(15-5-3-2-4-6-15)13-20(18)25(31)30-17-11-12-29-22(14-17)35(28,32)33/h2-6,9-12,14,16,18,20H,7-8,13H2,1H3,(H2,28,32,33)(H,29,30,31). The number of primary sulfonamides is 1. The smallest absolute Gasteiger partial charge is 0.255 e. The molecule has 1 saturated carbocycles. The van der Waals surface area contributed by atoms with Crippen LogP contribution in [-0.2, 0) is 14.8 Å². The highest BCUT2D eigenvalue weighted by atomic mass is 32.2. The lowest BCUT2D eigenvalue weighted by molar-refractivity contribution is -0.121. The third kappa shape index (κ3) is 5.33. The summed E-state index contributed by atoms with van der Waals surface area (Å²) in [7, 11) is -2.80. The maximum Gasteiger partial charge on any atom is 0.255 e. The molecule has 4 rings (SSSR count). The molecule has 1 aliphatic carbocycles. The van der Waals surface area contributed by atoms with Crippen molar-refractivity contribution in [3.8, 4) is 5.75 Å². The minimum atomic E-state index is -4.06. The van der Waals surface area contributed by atoms with E-state index in [4.69, 9.17) is 9.88 Å². The number of sulfonamides is 1. The van der Waals surface area contributed by atoms with E-state index >= 15 is 0 Å². The number of amides is 1. The number of anilines is 1. The van der Waals surface area contributed by atoms with Gasteiger partial charge >= 0.3 is 0 Å². The van der Waals surface area contributed by atoms with Gasteiger partial charge in [0.05, 0.1) is 7.11 Å². The van der Waals surface area contributed by atoms with Crippen molar-refractivity contribution in [3.05, 3.63) is 83.6 Å². The zero-order valence-electron chi connectivity index (χ0n) is 18.9. The molecule has 184 valence electrons. The van der Waals surface area contributed by atoms with Crippen LogP contribution in [0.1, 0.15) is 42.2 Å². The van der Waals surface area contributed by atoms with Crippen molar-refractivity contribution < 1.29 is 26.7 Å². The molecule has 0 radical (unpaired) electrons. The number of halogens is 2. The van der Waals surface area contributed by atoms with Crippen LogP contribution in [0, 0.1) is 17.6 Å². The minimum Gasteiger partial charge on any atom is -0.493 e. The topological polar surface area (TPSA) is 111 Å². The van der Waals surface area contributed by atoms with Crippen molar-refractivity contribution in [2.75, 3.05) is 12.4 Å². The van der Waals surface area contributed by atoms with E-state index < -0.39 is 33.5 Å². The quantitative estimate of drug-likeness (QED) is 0.523. The number of ether oxygens (including phenoxy) is 1. The molecular weight excluding hydrogens is 476 g/mol. The number of aromatic nitrogens is 1. The highest BCUT2D eigenvalue weighted by Crippen LogP contribution is 2.47. The van der Waals surface area contributed by atoms with E-state index in [1.165, 1.54) is 31.5 Å². The SMILES string of the molecule is COc1c(C2CCC(c3ccccc3)CC2C(=O)Nc2ccnc(S(N)(=O)=O)c2)ccc(F)c1F. The molecule has 3 unspecified atom stereocenters. The molecule has 35 heavy (non-hydrogen) atoms. The molecule has 0 bridgehead atoms. The molecule has 3 N–H and O–H groups in total. The molecule has 10 heteroatoms. The molecular formula is C25H25F2N3O4S. The maximum atomic E-state index is 14.5. The predicted octanol–water partition coefficient (Wildman–Crippen LogP) is 4.32. The van der Waals surface area contributed by atoms with Crippen molar-refractivity contribution in [2.24, 2.45) is 11.1 Å². The molecule has 3 atom stereocenters. The normalized spacial score (nSPS) is 20.3. The number of hydrogen-bond acceptors (Lipinski definition) is 5. The molecule has 0 saturated heterocycles. The minimum absolute atomic E-state index is 0.0805. The predicted molar refractivity (Wildman–Crippen MR) is 126 cm³/mol. The molecule has 2 aromatic carbocycles. The Balaban J connectivity index is 1.69. The summed E-state index contributed by atoms with van der Waals surface area (Å²) in [5.74, 6) is -3.71. The van der Waals surface area contributed by atoms with Gasteiger partial charge in [-0.15, -0.1) is 0 Å². The second-order valence-electron chi connectivity index (χ2n) is 8.53. The second kappa shape index (κ2) is 10.1. The number of hydrogen-bond donors (Lipinski definition) is 2. The molecule has 0 aliphatic heterocycles. The monoisotopic (exact) mass is 501 g/mol. The molecule has 7 nitrogen and oxygen atoms in total. The fourth-order valence-corrected chi connectivity index (χ4v) is 5.28. The Morgan fingerprint density at radius 3 is 2.54 bits per heavy atom. The summed E-state index contributed by atoms with van der Waals surface area (Å²) in [5.41, 5.74) is 1.71. The number of methoxy groups -OCH3 is 1. The Hall–Kier alpha value is -3.37. The van der Waals surface area contributed by atoms with Crippen LogP contribution in [-0.4, -0.2) is 26.4 Å². The van der Waals surface area contributed by atoms with E-state index in [9.17, 15) is 22.0 Å². The summed E-state index contributed by atoms with van der Waals surface area (Å²) in [5, 5.41) is 7.53. The van der Waals surface area contributed by atoms with Crippen molar-refractivity contribution in [1.29, 1.82) is 0 Å². The lowest BCUT2D eigenvalue weighted by Gasteiger charge is -2.36. The summed E-state index contributed by atoms with van der Waals surface area (Å²) < 4.78 is 56.9. The lowest BCUT2D eigenvalue weighted by atomic mass is 9.69. The van der Waals surface area contributed by atoms with Crippen molar-refractivity contribution in [1.82, 2.24) is 4.98 Å². The first-order valence-corrected chi connectivity index (χ1v) is 12.6. The van der Waals surface area contributed by atoms with Gasteiger partial charge in [-0.05, 0) is 48.8 Å². The third-order valence-electron chi connectivity index (χ3n) is 6.44. The fraction of sp³-hybridized carbons (Fsp3) is 0.280. The molecule has 1 fully saturated rings. The van der Waals surface area contributed by atoms with Gasteiger partial charge in [0, 0.05) is 29.4 Å². The maximum absolute atomic E-state index is 14.5. The van der Waals surface area contributed by atoms with E-state index in [1.54, 1.807) is 0 Å². The van der Waals surface area contributed by atoms with Gasteiger partial charge < -0.3 is 10.1 Å². The zero-order valence-corrected chi connectivity index (χ0v) is 19.8. The first-order valence-electron chi connectivity index (χ1n) is 11.1. The van der Waals surface area contributed by atoms with Crippen LogP contribution in [0.2, 0.25) is 0 Å². The number of nitrogens with one attached hydrogen (secondary N) is 1. The lowest BCUT2D eigenvalue weighted by Crippen LogP contribution is -2.33. The van der Waals surface area contributed by atoms with E-state index in [2.05, 4.69) is 10.3 Å². The highest BCUT2D eigenvalue weighted by Gasteiger charge is 2.39.